The normalized spacial score (nSPS) is 12.0. The van der Waals surface area contributed by atoms with E-state index in [0.717, 1.165) is 16.7 Å². The van der Waals surface area contributed by atoms with Crippen LogP contribution in [0.25, 0.3) is 22.0 Å². The van der Waals surface area contributed by atoms with Crippen molar-refractivity contribution in [3.05, 3.63) is 93.6 Å². The summed E-state index contributed by atoms with van der Waals surface area (Å²) < 4.78 is 5.84. The standard InChI is InChI=1S/C25H18Cl3NO3/c26-18-10-8-17(9-11-18)16-6-3-15(4-7-16)5-12-22(25(30)31)32-24-21(28)14-20(27)19-2-1-13-29-23(19)24/h1-4,6-11,13-14,22H,5,12H2,(H,30,31). The summed E-state index contributed by atoms with van der Waals surface area (Å²) in [6.45, 7) is 0. The molecule has 1 N–H and O–H groups in total. The van der Waals surface area contributed by atoms with Gasteiger partial charge in [-0.2, -0.15) is 0 Å². The van der Waals surface area contributed by atoms with Crippen molar-refractivity contribution in [2.75, 3.05) is 0 Å². The molecule has 1 aromatic heterocycles. The fourth-order valence-corrected chi connectivity index (χ4v) is 4.12. The Morgan fingerprint density at radius 1 is 0.938 bits per heavy atom. The van der Waals surface area contributed by atoms with Crippen molar-refractivity contribution in [2.45, 2.75) is 18.9 Å². The Bertz CT molecular complexity index is 1260. The molecule has 4 rings (SSSR count). The second-order valence-corrected chi connectivity index (χ2v) is 8.51. The van der Waals surface area contributed by atoms with Gasteiger partial charge in [0.25, 0.3) is 0 Å². The van der Waals surface area contributed by atoms with E-state index in [1.165, 1.54) is 6.07 Å². The quantitative estimate of drug-likeness (QED) is 0.297. The molecule has 0 bridgehead atoms. The van der Waals surface area contributed by atoms with Crippen LogP contribution in [0.3, 0.4) is 0 Å². The van der Waals surface area contributed by atoms with Crippen molar-refractivity contribution < 1.29 is 14.6 Å². The van der Waals surface area contributed by atoms with Crippen molar-refractivity contribution in [1.29, 1.82) is 0 Å². The molecule has 1 unspecified atom stereocenters. The Kier molecular flexibility index (Phi) is 6.85. The number of aryl methyl sites for hydroxylation is 1. The van der Waals surface area contributed by atoms with Crippen LogP contribution >= 0.6 is 34.8 Å². The highest BCUT2D eigenvalue weighted by atomic mass is 35.5. The van der Waals surface area contributed by atoms with Gasteiger partial charge in [-0.05, 0) is 59.9 Å². The highest BCUT2D eigenvalue weighted by Gasteiger charge is 2.23. The Labute approximate surface area is 200 Å². The third-order valence-corrected chi connectivity index (χ3v) is 5.96. The van der Waals surface area contributed by atoms with Crippen LogP contribution in [0.5, 0.6) is 5.75 Å². The van der Waals surface area contributed by atoms with Gasteiger partial charge in [-0.15, -0.1) is 0 Å². The van der Waals surface area contributed by atoms with E-state index in [-0.39, 0.29) is 17.2 Å². The van der Waals surface area contributed by atoms with E-state index in [0.29, 0.717) is 27.4 Å². The number of hydrogen-bond acceptors (Lipinski definition) is 3. The van der Waals surface area contributed by atoms with Gasteiger partial charge in [0.2, 0.25) is 0 Å². The van der Waals surface area contributed by atoms with Crippen LogP contribution in [0.15, 0.2) is 72.9 Å². The maximum Gasteiger partial charge on any atom is 0.344 e. The SMILES string of the molecule is O=C(O)C(CCc1ccc(-c2ccc(Cl)cc2)cc1)Oc1c(Cl)cc(Cl)c2cccnc12. The fraction of sp³-hybridized carbons (Fsp3) is 0.120. The van der Waals surface area contributed by atoms with Crippen LogP contribution in [0.2, 0.25) is 15.1 Å². The van der Waals surface area contributed by atoms with Crippen LogP contribution in [0.4, 0.5) is 0 Å². The Balaban J connectivity index is 1.50. The van der Waals surface area contributed by atoms with Crippen LogP contribution in [0, 0.1) is 0 Å². The summed E-state index contributed by atoms with van der Waals surface area (Å²) >= 11 is 18.5. The van der Waals surface area contributed by atoms with Crippen molar-refractivity contribution in [2.24, 2.45) is 0 Å². The number of aromatic nitrogens is 1. The summed E-state index contributed by atoms with van der Waals surface area (Å²) in [4.78, 5) is 16.2. The lowest BCUT2D eigenvalue weighted by Gasteiger charge is -2.18. The fourth-order valence-electron chi connectivity index (χ4n) is 3.44. The number of hydrogen-bond donors (Lipinski definition) is 1. The zero-order valence-electron chi connectivity index (χ0n) is 16.8. The van der Waals surface area contributed by atoms with Gasteiger partial charge < -0.3 is 9.84 Å². The third kappa shape index (κ3) is 4.99. The number of fused-ring (bicyclic) bond motifs is 1. The molecule has 4 aromatic rings. The summed E-state index contributed by atoms with van der Waals surface area (Å²) in [5, 5.41) is 11.7. The molecule has 3 aromatic carbocycles. The summed E-state index contributed by atoms with van der Waals surface area (Å²) in [6.07, 6.45) is 1.28. The molecule has 0 saturated heterocycles. The number of nitrogens with zero attached hydrogens (tertiary/aromatic N) is 1. The molecule has 0 aliphatic carbocycles. The number of carboxylic acids is 1. The smallest absolute Gasteiger partial charge is 0.344 e. The molecule has 0 fully saturated rings. The number of pyridine rings is 1. The molecule has 162 valence electrons. The zero-order chi connectivity index (χ0) is 22.7. The molecule has 1 heterocycles. The second kappa shape index (κ2) is 9.78. The number of halogens is 3. The minimum atomic E-state index is -1.09. The van der Waals surface area contributed by atoms with Crippen LogP contribution < -0.4 is 4.74 Å². The maximum absolute atomic E-state index is 11.9. The van der Waals surface area contributed by atoms with Crippen LogP contribution in [-0.4, -0.2) is 22.2 Å². The number of ether oxygens (including phenoxy) is 1. The van der Waals surface area contributed by atoms with Crippen LogP contribution in [-0.2, 0) is 11.2 Å². The Hall–Kier alpha value is -2.79. The molecule has 0 spiro atoms. The molecule has 1 atom stereocenters. The molecule has 0 aliphatic rings. The van der Waals surface area contributed by atoms with Gasteiger partial charge in [0.1, 0.15) is 5.52 Å². The Morgan fingerprint density at radius 3 is 2.25 bits per heavy atom. The summed E-state index contributed by atoms with van der Waals surface area (Å²) in [6, 6.07) is 20.6. The molecular formula is C25H18Cl3NO3. The average molecular weight is 487 g/mol. The first-order valence-electron chi connectivity index (χ1n) is 9.89. The van der Waals surface area contributed by atoms with Gasteiger partial charge in [-0.3, -0.25) is 4.98 Å². The largest absolute Gasteiger partial charge is 0.479 e. The third-order valence-electron chi connectivity index (χ3n) is 5.11. The molecule has 7 heteroatoms. The number of benzene rings is 3. The van der Waals surface area contributed by atoms with Crippen LogP contribution in [0.1, 0.15) is 12.0 Å². The van der Waals surface area contributed by atoms with Crippen molar-refractivity contribution in [3.63, 3.8) is 0 Å². The van der Waals surface area contributed by atoms with E-state index in [2.05, 4.69) is 4.98 Å². The van der Waals surface area contributed by atoms with Crippen molar-refractivity contribution in [3.8, 4) is 16.9 Å². The Morgan fingerprint density at radius 2 is 1.59 bits per heavy atom. The molecule has 0 radical (unpaired) electrons. The highest BCUT2D eigenvalue weighted by Crippen LogP contribution is 2.37. The molecule has 4 nitrogen and oxygen atoms in total. The average Bonchev–Trinajstić information content (AvgIpc) is 2.79. The second-order valence-electron chi connectivity index (χ2n) is 7.26. The molecule has 0 aliphatic heterocycles. The summed E-state index contributed by atoms with van der Waals surface area (Å²) in [5.74, 6) is -0.852. The number of carboxylic acid groups (broad SMARTS) is 1. The van der Waals surface area contributed by atoms with Gasteiger partial charge in [0, 0.05) is 16.6 Å². The molecule has 32 heavy (non-hydrogen) atoms. The molecular weight excluding hydrogens is 469 g/mol. The highest BCUT2D eigenvalue weighted by molar-refractivity contribution is 6.39. The monoisotopic (exact) mass is 485 g/mol. The van der Waals surface area contributed by atoms with Gasteiger partial charge >= 0.3 is 5.97 Å². The van der Waals surface area contributed by atoms with E-state index in [4.69, 9.17) is 39.5 Å². The van der Waals surface area contributed by atoms with Crippen molar-refractivity contribution in [1.82, 2.24) is 4.98 Å². The van der Waals surface area contributed by atoms with Gasteiger partial charge in [0.05, 0.1) is 10.0 Å². The number of rotatable bonds is 7. The topological polar surface area (TPSA) is 59.4 Å². The summed E-state index contributed by atoms with van der Waals surface area (Å²) in [5.41, 5.74) is 3.55. The maximum atomic E-state index is 11.9. The minimum Gasteiger partial charge on any atom is -0.479 e. The zero-order valence-corrected chi connectivity index (χ0v) is 19.0. The lowest BCUT2D eigenvalue weighted by Crippen LogP contribution is -2.28. The van der Waals surface area contributed by atoms with Crippen molar-refractivity contribution >= 4 is 51.7 Å². The first-order chi connectivity index (χ1) is 15.4. The molecule has 0 amide bonds. The number of carbonyl (C=O) groups is 1. The minimum absolute atomic E-state index is 0.220. The van der Waals surface area contributed by atoms with E-state index in [1.54, 1.807) is 18.3 Å². The van der Waals surface area contributed by atoms with Gasteiger partial charge in [-0.1, -0.05) is 71.2 Å². The first-order valence-corrected chi connectivity index (χ1v) is 11.0. The lowest BCUT2D eigenvalue weighted by atomic mass is 10.0. The van der Waals surface area contributed by atoms with Gasteiger partial charge in [-0.25, -0.2) is 4.79 Å². The van der Waals surface area contributed by atoms with Gasteiger partial charge in [0.15, 0.2) is 11.9 Å². The summed E-state index contributed by atoms with van der Waals surface area (Å²) in [7, 11) is 0. The lowest BCUT2D eigenvalue weighted by molar-refractivity contribution is -0.145. The first kappa shape index (κ1) is 22.4. The predicted molar refractivity (Wildman–Crippen MR) is 129 cm³/mol. The molecule has 0 saturated carbocycles. The van der Waals surface area contributed by atoms with E-state index < -0.39 is 12.1 Å². The van der Waals surface area contributed by atoms with E-state index in [1.807, 2.05) is 48.5 Å². The predicted octanol–water partition coefficient (Wildman–Crippen LogP) is 7.33. The number of aliphatic carboxylic acids is 1. The van der Waals surface area contributed by atoms with E-state index >= 15 is 0 Å². The van der Waals surface area contributed by atoms with E-state index in [9.17, 15) is 9.90 Å².